The third-order valence-electron chi connectivity index (χ3n) is 4.89. The standard InChI is InChI=1S/C24H23N3O3S2/c1-3-13-27-23(29)21-18(19-10-9-16(2)30-19)14-31-22(21)26-24(27)32-15-20(28)25-12-11-17-7-5-4-6-8-17/h3-10,14H,1,11-13,15H2,2H3,(H,25,28). The zero-order chi connectivity index (χ0) is 22.5. The van der Waals surface area contributed by atoms with Crippen LogP contribution in [-0.2, 0) is 17.8 Å². The second-order valence-corrected chi connectivity index (χ2v) is 9.01. The molecule has 0 bridgehead atoms. The fourth-order valence-corrected chi connectivity index (χ4v) is 5.15. The first-order valence-electron chi connectivity index (χ1n) is 10.2. The molecule has 0 aliphatic carbocycles. The Bertz CT molecular complexity index is 1310. The highest BCUT2D eigenvalue weighted by Crippen LogP contribution is 2.33. The van der Waals surface area contributed by atoms with Crippen LogP contribution in [0.4, 0.5) is 0 Å². The molecule has 164 valence electrons. The average Bonchev–Trinajstić information content (AvgIpc) is 3.41. The van der Waals surface area contributed by atoms with Gasteiger partial charge in [-0.3, -0.25) is 14.2 Å². The van der Waals surface area contributed by atoms with Crippen molar-refractivity contribution in [3.05, 3.63) is 82.2 Å². The van der Waals surface area contributed by atoms with Gasteiger partial charge in [-0.15, -0.1) is 17.9 Å². The molecule has 0 spiro atoms. The van der Waals surface area contributed by atoms with Gasteiger partial charge < -0.3 is 9.73 Å². The number of allylic oxidation sites excluding steroid dienone is 1. The van der Waals surface area contributed by atoms with Crippen molar-refractivity contribution >= 4 is 39.2 Å². The monoisotopic (exact) mass is 465 g/mol. The summed E-state index contributed by atoms with van der Waals surface area (Å²) in [4.78, 5) is 31.0. The highest BCUT2D eigenvalue weighted by atomic mass is 32.2. The van der Waals surface area contributed by atoms with Crippen molar-refractivity contribution in [1.82, 2.24) is 14.9 Å². The summed E-state index contributed by atoms with van der Waals surface area (Å²) in [6.07, 6.45) is 2.43. The van der Waals surface area contributed by atoms with Gasteiger partial charge in [-0.25, -0.2) is 4.98 Å². The first kappa shape index (κ1) is 22.1. The highest BCUT2D eigenvalue weighted by molar-refractivity contribution is 7.99. The molecule has 4 rings (SSSR count). The number of aryl methyl sites for hydroxylation is 1. The number of hydrogen-bond acceptors (Lipinski definition) is 6. The number of rotatable bonds is 9. The largest absolute Gasteiger partial charge is 0.461 e. The average molecular weight is 466 g/mol. The van der Waals surface area contributed by atoms with Crippen LogP contribution >= 0.6 is 23.1 Å². The second kappa shape index (κ2) is 10.0. The Balaban J connectivity index is 1.50. The molecule has 0 aliphatic rings. The number of carbonyl (C=O) groups excluding carboxylic acids is 1. The number of hydrogen-bond donors (Lipinski definition) is 1. The smallest absolute Gasteiger partial charge is 0.263 e. The van der Waals surface area contributed by atoms with E-state index in [1.54, 1.807) is 10.6 Å². The number of thiophene rings is 1. The summed E-state index contributed by atoms with van der Waals surface area (Å²) >= 11 is 2.65. The van der Waals surface area contributed by atoms with Crippen molar-refractivity contribution in [3.63, 3.8) is 0 Å². The predicted molar refractivity (Wildman–Crippen MR) is 130 cm³/mol. The number of aromatic nitrogens is 2. The lowest BCUT2D eigenvalue weighted by atomic mass is 10.1. The Morgan fingerprint density at radius 3 is 2.81 bits per heavy atom. The van der Waals surface area contributed by atoms with Crippen LogP contribution in [0, 0.1) is 6.92 Å². The molecule has 0 saturated heterocycles. The molecule has 3 heterocycles. The van der Waals surface area contributed by atoms with Crippen LogP contribution in [0.1, 0.15) is 11.3 Å². The van der Waals surface area contributed by atoms with Crippen LogP contribution in [-0.4, -0.2) is 27.8 Å². The van der Waals surface area contributed by atoms with Gasteiger partial charge in [0.2, 0.25) is 5.91 Å². The van der Waals surface area contributed by atoms with Crippen molar-refractivity contribution in [2.75, 3.05) is 12.3 Å². The fourth-order valence-electron chi connectivity index (χ4n) is 3.34. The summed E-state index contributed by atoms with van der Waals surface area (Å²) in [5.74, 6) is 1.52. The number of thioether (sulfide) groups is 1. The quantitative estimate of drug-likeness (QED) is 0.221. The zero-order valence-corrected chi connectivity index (χ0v) is 19.3. The van der Waals surface area contributed by atoms with E-state index in [1.165, 1.54) is 28.7 Å². The van der Waals surface area contributed by atoms with Gasteiger partial charge in [-0.2, -0.15) is 0 Å². The van der Waals surface area contributed by atoms with E-state index in [1.807, 2.05) is 54.8 Å². The molecule has 1 amide bonds. The van der Waals surface area contributed by atoms with E-state index in [-0.39, 0.29) is 17.2 Å². The van der Waals surface area contributed by atoms with Crippen molar-refractivity contribution in [2.45, 2.75) is 25.0 Å². The van der Waals surface area contributed by atoms with Crippen LogP contribution in [0.3, 0.4) is 0 Å². The summed E-state index contributed by atoms with van der Waals surface area (Å²) in [6, 6.07) is 13.7. The third-order valence-corrected chi connectivity index (χ3v) is 6.74. The summed E-state index contributed by atoms with van der Waals surface area (Å²) in [6.45, 7) is 6.50. The Morgan fingerprint density at radius 2 is 2.09 bits per heavy atom. The molecule has 32 heavy (non-hydrogen) atoms. The summed E-state index contributed by atoms with van der Waals surface area (Å²) in [5.41, 5.74) is 1.75. The normalized spacial score (nSPS) is 11.0. The van der Waals surface area contributed by atoms with Gasteiger partial charge in [0, 0.05) is 24.0 Å². The lowest BCUT2D eigenvalue weighted by Crippen LogP contribution is -2.28. The van der Waals surface area contributed by atoms with Crippen molar-refractivity contribution in [1.29, 1.82) is 0 Å². The lowest BCUT2D eigenvalue weighted by molar-refractivity contribution is -0.118. The topological polar surface area (TPSA) is 77.1 Å². The third kappa shape index (κ3) is 4.87. The maximum Gasteiger partial charge on any atom is 0.263 e. The van der Waals surface area contributed by atoms with Gasteiger partial charge >= 0.3 is 0 Å². The van der Waals surface area contributed by atoms with Crippen LogP contribution in [0.15, 0.2) is 74.9 Å². The SMILES string of the molecule is C=CCn1c(SCC(=O)NCCc2ccccc2)nc2scc(-c3ccc(C)o3)c2c1=O. The van der Waals surface area contributed by atoms with Gasteiger partial charge in [0.25, 0.3) is 5.56 Å². The Kier molecular flexibility index (Phi) is 6.92. The number of nitrogens with zero attached hydrogens (tertiary/aromatic N) is 2. The minimum atomic E-state index is -0.160. The highest BCUT2D eigenvalue weighted by Gasteiger charge is 2.19. The molecule has 0 saturated carbocycles. The molecular formula is C24H23N3O3S2. The maximum absolute atomic E-state index is 13.3. The molecular weight excluding hydrogens is 442 g/mol. The Morgan fingerprint density at radius 1 is 1.28 bits per heavy atom. The van der Waals surface area contributed by atoms with E-state index in [0.717, 1.165) is 17.7 Å². The van der Waals surface area contributed by atoms with E-state index in [2.05, 4.69) is 16.9 Å². The summed E-state index contributed by atoms with van der Waals surface area (Å²) in [5, 5.41) is 5.85. The van der Waals surface area contributed by atoms with Crippen LogP contribution in [0.25, 0.3) is 21.5 Å². The Labute approximate surface area is 194 Å². The first-order chi connectivity index (χ1) is 15.6. The summed E-state index contributed by atoms with van der Waals surface area (Å²) < 4.78 is 7.28. The molecule has 1 aromatic carbocycles. The van der Waals surface area contributed by atoms with Gasteiger partial charge in [0.15, 0.2) is 5.16 Å². The second-order valence-electron chi connectivity index (χ2n) is 7.21. The van der Waals surface area contributed by atoms with Gasteiger partial charge in [-0.05, 0) is 31.0 Å². The van der Waals surface area contributed by atoms with Crippen molar-refractivity contribution in [2.24, 2.45) is 0 Å². The van der Waals surface area contributed by atoms with Gasteiger partial charge in [0.05, 0.1) is 11.1 Å². The number of benzene rings is 1. The van der Waals surface area contributed by atoms with Crippen LogP contribution in [0.5, 0.6) is 0 Å². The maximum atomic E-state index is 13.3. The molecule has 3 aromatic heterocycles. The van der Waals surface area contributed by atoms with Crippen LogP contribution < -0.4 is 10.9 Å². The number of carbonyl (C=O) groups is 1. The van der Waals surface area contributed by atoms with Crippen molar-refractivity contribution in [3.8, 4) is 11.3 Å². The molecule has 0 aliphatic heterocycles. The lowest BCUT2D eigenvalue weighted by Gasteiger charge is -2.11. The predicted octanol–water partition coefficient (Wildman–Crippen LogP) is 4.66. The Hall–Kier alpha value is -3.10. The van der Waals surface area contributed by atoms with Gasteiger partial charge in [0.1, 0.15) is 16.4 Å². The van der Waals surface area contributed by atoms with E-state index in [4.69, 9.17) is 4.42 Å². The van der Waals surface area contributed by atoms with Gasteiger partial charge in [-0.1, -0.05) is 48.2 Å². The van der Waals surface area contributed by atoms with E-state index >= 15 is 0 Å². The first-order valence-corrected chi connectivity index (χ1v) is 12.1. The number of furan rings is 1. The fraction of sp³-hybridized carbons (Fsp3) is 0.208. The summed E-state index contributed by atoms with van der Waals surface area (Å²) in [7, 11) is 0. The number of nitrogens with one attached hydrogen (secondary N) is 1. The molecule has 4 aromatic rings. The van der Waals surface area contributed by atoms with E-state index < -0.39 is 0 Å². The molecule has 1 N–H and O–H groups in total. The minimum Gasteiger partial charge on any atom is -0.461 e. The molecule has 0 unspecified atom stereocenters. The molecule has 6 nitrogen and oxygen atoms in total. The van der Waals surface area contributed by atoms with E-state index in [0.29, 0.717) is 34.2 Å². The van der Waals surface area contributed by atoms with Crippen LogP contribution in [0.2, 0.25) is 0 Å². The number of fused-ring (bicyclic) bond motifs is 1. The minimum absolute atomic E-state index is 0.0941. The van der Waals surface area contributed by atoms with Crippen molar-refractivity contribution < 1.29 is 9.21 Å². The molecule has 0 fully saturated rings. The van der Waals surface area contributed by atoms with E-state index in [9.17, 15) is 9.59 Å². The number of amides is 1. The molecule has 0 atom stereocenters. The molecule has 0 radical (unpaired) electrons. The molecule has 8 heteroatoms. The zero-order valence-electron chi connectivity index (χ0n) is 17.7.